The molecule has 1 atom stereocenters. The van der Waals surface area contributed by atoms with Gasteiger partial charge in [0.2, 0.25) is 5.91 Å². The summed E-state index contributed by atoms with van der Waals surface area (Å²) in [6.45, 7) is 2.07. The van der Waals surface area contributed by atoms with E-state index in [-0.39, 0.29) is 11.9 Å². The second-order valence-electron chi connectivity index (χ2n) is 7.94. The maximum atomic E-state index is 13.6. The molecule has 5 nitrogen and oxygen atoms in total. The minimum atomic E-state index is 0.00113. The quantitative estimate of drug-likeness (QED) is 0.346. The predicted octanol–water partition coefficient (Wildman–Crippen LogP) is 5.76. The summed E-state index contributed by atoms with van der Waals surface area (Å²) in [7, 11) is 1.95. The maximum Gasteiger partial charge on any atom is 0.238 e. The van der Waals surface area contributed by atoms with Crippen molar-refractivity contribution in [2.24, 2.45) is 7.05 Å². The molecule has 0 unspecified atom stereocenters. The molecule has 0 spiro atoms. The lowest BCUT2D eigenvalue weighted by Crippen LogP contribution is -2.39. The van der Waals surface area contributed by atoms with E-state index in [0.29, 0.717) is 5.75 Å². The Morgan fingerprint density at radius 1 is 1.00 bits per heavy atom. The number of anilines is 1. The topological polar surface area (TPSA) is 51.0 Å². The fourth-order valence-corrected chi connectivity index (χ4v) is 6.05. The van der Waals surface area contributed by atoms with Gasteiger partial charge >= 0.3 is 0 Å². The lowest BCUT2D eigenvalue weighted by molar-refractivity contribution is -0.116. The van der Waals surface area contributed by atoms with E-state index in [1.54, 1.807) is 11.8 Å². The summed E-state index contributed by atoms with van der Waals surface area (Å²) >= 11 is 3.24. The van der Waals surface area contributed by atoms with Crippen molar-refractivity contribution < 1.29 is 4.79 Å². The largest absolute Gasteiger partial charge is 0.305 e. The molecule has 1 aliphatic heterocycles. The number of amides is 1. The molecule has 0 saturated carbocycles. The van der Waals surface area contributed by atoms with Gasteiger partial charge in [-0.25, -0.2) is 0 Å². The standard InChI is InChI=1S/C26H24N4OS2/c1-18-10-6-7-13-20(18)25-27-28-26(29(25)2)33-17-24(31)30-21-14-8-9-15-23(21)32-16-22(30)19-11-4-3-5-12-19/h3-15,22H,16-17H2,1-2H3/t22-/m1/s1. The van der Waals surface area contributed by atoms with Crippen LogP contribution in [0.25, 0.3) is 11.4 Å². The van der Waals surface area contributed by atoms with Gasteiger partial charge in [0.25, 0.3) is 0 Å². The number of fused-ring (bicyclic) bond motifs is 1. The van der Waals surface area contributed by atoms with Crippen molar-refractivity contribution in [3.05, 3.63) is 90.0 Å². The molecule has 0 radical (unpaired) electrons. The van der Waals surface area contributed by atoms with Crippen molar-refractivity contribution in [3.63, 3.8) is 0 Å². The van der Waals surface area contributed by atoms with Crippen LogP contribution in [0.2, 0.25) is 0 Å². The average molecular weight is 473 g/mol. The van der Waals surface area contributed by atoms with Crippen molar-refractivity contribution in [1.82, 2.24) is 14.8 Å². The van der Waals surface area contributed by atoms with E-state index in [9.17, 15) is 4.79 Å². The number of hydrogen-bond acceptors (Lipinski definition) is 5. The third kappa shape index (κ3) is 4.30. The van der Waals surface area contributed by atoms with Gasteiger partial charge in [-0.2, -0.15) is 0 Å². The van der Waals surface area contributed by atoms with Crippen molar-refractivity contribution >= 4 is 35.1 Å². The van der Waals surface area contributed by atoms with Crippen molar-refractivity contribution in [2.45, 2.75) is 23.0 Å². The fraction of sp³-hybridized carbons (Fsp3) is 0.192. The third-order valence-electron chi connectivity index (χ3n) is 5.83. The molecule has 1 aliphatic rings. The first kappa shape index (κ1) is 21.8. The zero-order valence-electron chi connectivity index (χ0n) is 18.5. The molecule has 0 N–H and O–H groups in total. The zero-order valence-corrected chi connectivity index (χ0v) is 20.1. The van der Waals surface area contributed by atoms with Gasteiger partial charge in [0, 0.05) is 23.3 Å². The number of carbonyl (C=O) groups excluding carboxylic acids is 1. The van der Waals surface area contributed by atoms with Crippen LogP contribution in [0.5, 0.6) is 0 Å². The van der Waals surface area contributed by atoms with Crippen LogP contribution in [-0.2, 0) is 11.8 Å². The number of nitrogens with zero attached hydrogens (tertiary/aromatic N) is 4. The molecule has 0 saturated heterocycles. The highest BCUT2D eigenvalue weighted by molar-refractivity contribution is 8.00. The molecule has 4 aromatic rings. The Hall–Kier alpha value is -3.03. The SMILES string of the molecule is Cc1ccccc1-c1nnc(SCC(=O)N2c3ccccc3SC[C@@H]2c2ccccc2)n1C. The summed E-state index contributed by atoms with van der Waals surface area (Å²) in [5.41, 5.74) is 4.33. The zero-order chi connectivity index (χ0) is 22.8. The molecule has 3 aromatic carbocycles. The highest BCUT2D eigenvalue weighted by Crippen LogP contribution is 2.43. The molecular weight excluding hydrogens is 448 g/mol. The summed E-state index contributed by atoms with van der Waals surface area (Å²) in [4.78, 5) is 16.7. The lowest BCUT2D eigenvalue weighted by atomic mass is 10.1. The number of benzene rings is 3. The molecule has 33 heavy (non-hydrogen) atoms. The molecule has 7 heteroatoms. The number of aromatic nitrogens is 3. The van der Waals surface area contributed by atoms with Crippen LogP contribution < -0.4 is 4.90 Å². The number of para-hydroxylation sites is 1. The summed E-state index contributed by atoms with van der Waals surface area (Å²) in [5, 5.41) is 9.51. The van der Waals surface area contributed by atoms with Crippen LogP contribution in [0.4, 0.5) is 5.69 Å². The normalized spacial score (nSPS) is 15.3. The lowest BCUT2D eigenvalue weighted by Gasteiger charge is -2.37. The Morgan fingerprint density at radius 2 is 1.73 bits per heavy atom. The maximum absolute atomic E-state index is 13.6. The Balaban J connectivity index is 1.40. The van der Waals surface area contributed by atoms with Crippen molar-refractivity contribution in [1.29, 1.82) is 0 Å². The van der Waals surface area contributed by atoms with E-state index in [4.69, 9.17) is 0 Å². The predicted molar refractivity (Wildman–Crippen MR) is 136 cm³/mol. The smallest absolute Gasteiger partial charge is 0.238 e. The first-order valence-corrected chi connectivity index (χ1v) is 12.8. The Bertz CT molecular complexity index is 1290. The summed E-state index contributed by atoms with van der Waals surface area (Å²) < 4.78 is 1.97. The number of carbonyl (C=O) groups is 1. The summed E-state index contributed by atoms with van der Waals surface area (Å²) in [5.74, 6) is 2.01. The number of hydrogen-bond donors (Lipinski definition) is 0. The van der Waals surface area contributed by atoms with E-state index in [1.165, 1.54) is 11.8 Å². The second kappa shape index (κ2) is 9.45. The monoisotopic (exact) mass is 472 g/mol. The Kier molecular flexibility index (Phi) is 6.24. The van der Waals surface area contributed by atoms with E-state index in [1.807, 2.05) is 71.1 Å². The van der Waals surface area contributed by atoms with Crippen molar-refractivity contribution in [2.75, 3.05) is 16.4 Å². The first-order valence-electron chi connectivity index (χ1n) is 10.8. The number of thioether (sulfide) groups is 2. The van der Waals surface area contributed by atoms with Crippen LogP contribution in [0.3, 0.4) is 0 Å². The molecule has 2 heterocycles. The van der Waals surface area contributed by atoms with E-state index in [2.05, 4.69) is 41.4 Å². The van der Waals surface area contributed by atoms with Gasteiger partial charge in [-0.15, -0.1) is 22.0 Å². The van der Waals surface area contributed by atoms with Gasteiger partial charge in [0.15, 0.2) is 11.0 Å². The molecule has 0 aliphatic carbocycles. The first-order chi connectivity index (χ1) is 16.1. The van der Waals surface area contributed by atoms with Gasteiger partial charge in [0.1, 0.15) is 0 Å². The van der Waals surface area contributed by atoms with Gasteiger partial charge in [-0.3, -0.25) is 4.79 Å². The fourth-order valence-electron chi connectivity index (χ4n) is 4.11. The van der Waals surface area contributed by atoms with Gasteiger partial charge in [-0.05, 0) is 30.2 Å². The van der Waals surface area contributed by atoms with Gasteiger partial charge in [-0.1, -0.05) is 78.5 Å². The number of aryl methyl sites for hydroxylation is 1. The van der Waals surface area contributed by atoms with Crippen LogP contribution in [-0.4, -0.2) is 32.2 Å². The molecule has 5 rings (SSSR count). The van der Waals surface area contributed by atoms with E-state index >= 15 is 0 Å². The Labute approximate surface area is 202 Å². The summed E-state index contributed by atoms with van der Waals surface area (Å²) in [6, 6.07) is 26.6. The van der Waals surface area contributed by atoms with Crippen molar-refractivity contribution in [3.8, 4) is 11.4 Å². The third-order valence-corrected chi connectivity index (χ3v) is 7.98. The van der Waals surface area contributed by atoms with Crippen LogP contribution in [0.1, 0.15) is 17.2 Å². The molecule has 1 amide bonds. The van der Waals surface area contributed by atoms with Gasteiger partial charge in [0.05, 0.1) is 17.5 Å². The van der Waals surface area contributed by atoms with E-state index in [0.717, 1.165) is 44.0 Å². The molecule has 166 valence electrons. The van der Waals surface area contributed by atoms with Crippen LogP contribution in [0, 0.1) is 6.92 Å². The minimum absolute atomic E-state index is 0.00113. The van der Waals surface area contributed by atoms with Crippen LogP contribution in [0.15, 0.2) is 88.9 Å². The van der Waals surface area contributed by atoms with E-state index < -0.39 is 0 Å². The molecule has 0 fully saturated rings. The van der Waals surface area contributed by atoms with Crippen LogP contribution >= 0.6 is 23.5 Å². The number of rotatable bonds is 5. The second-order valence-corrected chi connectivity index (χ2v) is 9.94. The summed E-state index contributed by atoms with van der Waals surface area (Å²) in [6.07, 6.45) is 0. The highest BCUT2D eigenvalue weighted by Gasteiger charge is 2.32. The highest BCUT2D eigenvalue weighted by atomic mass is 32.2. The molecular formula is C26H24N4OS2. The molecule has 0 bridgehead atoms. The van der Waals surface area contributed by atoms with Gasteiger partial charge < -0.3 is 9.47 Å². The minimum Gasteiger partial charge on any atom is -0.305 e. The Morgan fingerprint density at radius 3 is 2.55 bits per heavy atom. The molecule has 1 aromatic heterocycles. The average Bonchev–Trinajstić information content (AvgIpc) is 3.22.